The van der Waals surface area contributed by atoms with E-state index in [1.165, 1.54) is 0 Å². The highest BCUT2D eigenvalue weighted by molar-refractivity contribution is 6.30. The SMILES string of the molecule is CCn1cnc2ccc(-c3noc(-c4ccc(Cl)cc4)n3)cc21. The van der Waals surface area contributed by atoms with E-state index in [2.05, 4.69) is 26.6 Å². The Kier molecular flexibility index (Phi) is 3.35. The number of benzene rings is 2. The van der Waals surface area contributed by atoms with Crippen LogP contribution in [0.5, 0.6) is 0 Å². The molecular weight excluding hydrogens is 312 g/mol. The van der Waals surface area contributed by atoms with Crippen LogP contribution in [0.1, 0.15) is 6.92 Å². The quantitative estimate of drug-likeness (QED) is 0.559. The molecule has 2 heterocycles. The van der Waals surface area contributed by atoms with Gasteiger partial charge < -0.3 is 9.09 Å². The fourth-order valence-electron chi connectivity index (χ4n) is 2.50. The number of halogens is 1. The number of aryl methyl sites for hydroxylation is 1. The number of fused-ring (bicyclic) bond motifs is 1. The summed E-state index contributed by atoms with van der Waals surface area (Å²) >= 11 is 5.90. The predicted molar refractivity (Wildman–Crippen MR) is 89.1 cm³/mol. The van der Waals surface area contributed by atoms with E-state index in [0.29, 0.717) is 16.7 Å². The lowest BCUT2D eigenvalue weighted by Gasteiger charge is -2.00. The van der Waals surface area contributed by atoms with Gasteiger partial charge in [0.2, 0.25) is 5.82 Å². The summed E-state index contributed by atoms with van der Waals surface area (Å²) in [6.07, 6.45) is 1.84. The standard InChI is InChI=1S/C17H13ClN4O/c1-2-22-10-19-14-8-5-12(9-15(14)22)16-20-17(23-21-16)11-3-6-13(18)7-4-11/h3-10H,2H2,1H3. The Balaban J connectivity index is 1.75. The summed E-state index contributed by atoms with van der Waals surface area (Å²) in [7, 11) is 0. The van der Waals surface area contributed by atoms with Crippen molar-refractivity contribution in [3.8, 4) is 22.8 Å². The van der Waals surface area contributed by atoms with Gasteiger partial charge in [0, 0.05) is 22.7 Å². The molecule has 6 heteroatoms. The average molecular weight is 325 g/mol. The van der Waals surface area contributed by atoms with Gasteiger partial charge in [-0.25, -0.2) is 4.98 Å². The van der Waals surface area contributed by atoms with Gasteiger partial charge in [0.25, 0.3) is 5.89 Å². The molecule has 23 heavy (non-hydrogen) atoms. The van der Waals surface area contributed by atoms with Crippen LogP contribution in [-0.2, 0) is 6.54 Å². The van der Waals surface area contributed by atoms with Gasteiger partial charge in [-0.15, -0.1) is 0 Å². The van der Waals surface area contributed by atoms with Crippen molar-refractivity contribution in [2.45, 2.75) is 13.5 Å². The number of aromatic nitrogens is 4. The molecule has 0 amide bonds. The first-order chi connectivity index (χ1) is 11.2. The maximum absolute atomic E-state index is 5.90. The van der Waals surface area contributed by atoms with Crippen LogP contribution in [0.25, 0.3) is 33.9 Å². The summed E-state index contributed by atoms with van der Waals surface area (Å²) in [5.74, 6) is 1.03. The van der Waals surface area contributed by atoms with E-state index < -0.39 is 0 Å². The van der Waals surface area contributed by atoms with Crippen LogP contribution in [-0.4, -0.2) is 19.7 Å². The minimum absolute atomic E-state index is 0.473. The minimum atomic E-state index is 0.473. The molecule has 0 radical (unpaired) electrons. The van der Waals surface area contributed by atoms with Crippen molar-refractivity contribution in [3.05, 3.63) is 53.8 Å². The van der Waals surface area contributed by atoms with Crippen LogP contribution in [0.2, 0.25) is 5.02 Å². The molecule has 0 bridgehead atoms. The van der Waals surface area contributed by atoms with Crippen LogP contribution in [0.15, 0.2) is 53.3 Å². The molecule has 0 unspecified atom stereocenters. The van der Waals surface area contributed by atoms with E-state index >= 15 is 0 Å². The van der Waals surface area contributed by atoms with Crippen LogP contribution in [0.4, 0.5) is 0 Å². The summed E-state index contributed by atoms with van der Waals surface area (Å²) < 4.78 is 7.45. The first kappa shape index (κ1) is 14.0. The normalized spacial score (nSPS) is 11.2. The number of hydrogen-bond acceptors (Lipinski definition) is 4. The maximum atomic E-state index is 5.90. The van der Waals surface area contributed by atoms with Crippen molar-refractivity contribution < 1.29 is 4.52 Å². The number of imidazole rings is 1. The van der Waals surface area contributed by atoms with E-state index in [1.807, 2.05) is 36.7 Å². The molecule has 0 aliphatic carbocycles. The lowest BCUT2D eigenvalue weighted by atomic mass is 10.2. The third kappa shape index (κ3) is 2.49. The lowest BCUT2D eigenvalue weighted by molar-refractivity contribution is 0.432. The smallest absolute Gasteiger partial charge is 0.258 e. The molecule has 2 aromatic heterocycles. The average Bonchev–Trinajstić information content (AvgIpc) is 3.21. The van der Waals surface area contributed by atoms with Gasteiger partial charge in [0.15, 0.2) is 0 Å². The van der Waals surface area contributed by atoms with E-state index in [9.17, 15) is 0 Å². The largest absolute Gasteiger partial charge is 0.334 e. The van der Waals surface area contributed by atoms with Crippen LogP contribution in [0.3, 0.4) is 0 Å². The van der Waals surface area contributed by atoms with Crippen molar-refractivity contribution in [3.63, 3.8) is 0 Å². The Labute approximate surface area is 137 Å². The topological polar surface area (TPSA) is 56.7 Å². The highest BCUT2D eigenvalue weighted by Crippen LogP contribution is 2.25. The molecule has 2 aromatic carbocycles. The van der Waals surface area contributed by atoms with Gasteiger partial charge >= 0.3 is 0 Å². The summed E-state index contributed by atoms with van der Waals surface area (Å²) in [6.45, 7) is 2.95. The molecule has 0 spiro atoms. The molecule has 0 aliphatic rings. The summed E-state index contributed by atoms with van der Waals surface area (Å²) in [5.41, 5.74) is 3.75. The summed E-state index contributed by atoms with van der Waals surface area (Å²) in [6, 6.07) is 13.3. The second-order valence-electron chi connectivity index (χ2n) is 5.16. The highest BCUT2D eigenvalue weighted by atomic mass is 35.5. The molecular formula is C17H13ClN4O. The third-order valence-corrected chi connectivity index (χ3v) is 3.99. The second kappa shape index (κ2) is 5.52. The van der Waals surface area contributed by atoms with E-state index in [1.54, 1.807) is 12.1 Å². The van der Waals surface area contributed by atoms with Crippen molar-refractivity contribution in [1.82, 2.24) is 19.7 Å². The molecule has 0 atom stereocenters. The van der Waals surface area contributed by atoms with Gasteiger partial charge in [-0.05, 0) is 49.4 Å². The van der Waals surface area contributed by atoms with E-state index in [4.69, 9.17) is 16.1 Å². The van der Waals surface area contributed by atoms with Gasteiger partial charge in [-0.2, -0.15) is 4.98 Å². The molecule has 0 aliphatic heterocycles. The predicted octanol–water partition coefficient (Wildman–Crippen LogP) is 4.43. The Hall–Kier alpha value is -2.66. The molecule has 0 fully saturated rings. The Morgan fingerprint density at radius 1 is 1.09 bits per heavy atom. The first-order valence-corrected chi connectivity index (χ1v) is 7.67. The zero-order valence-corrected chi connectivity index (χ0v) is 13.2. The third-order valence-electron chi connectivity index (χ3n) is 3.74. The minimum Gasteiger partial charge on any atom is -0.334 e. The van der Waals surface area contributed by atoms with Gasteiger partial charge in [-0.3, -0.25) is 0 Å². The molecule has 0 saturated carbocycles. The first-order valence-electron chi connectivity index (χ1n) is 7.29. The zero-order chi connectivity index (χ0) is 15.8. The number of rotatable bonds is 3. The zero-order valence-electron chi connectivity index (χ0n) is 12.4. The van der Waals surface area contributed by atoms with Gasteiger partial charge in [-0.1, -0.05) is 16.8 Å². The Morgan fingerprint density at radius 3 is 2.65 bits per heavy atom. The second-order valence-corrected chi connectivity index (χ2v) is 5.60. The van der Waals surface area contributed by atoms with Crippen molar-refractivity contribution in [2.75, 3.05) is 0 Å². The van der Waals surface area contributed by atoms with Crippen molar-refractivity contribution in [1.29, 1.82) is 0 Å². The monoisotopic (exact) mass is 324 g/mol. The van der Waals surface area contributed by atoms with Crippen LogP contribution >= 0.6 is 11.6 Å². The maximum Gasteiger partial charge on any atom is 0.258 e. The van der Waals surface area contributed by atoms with Gasteiger partial charge in [0.05, 0.1) is 17.4 Å². The fraction of sp³-hybridized carbons (Fsp3) is 0.118. The number of hydrogen-bond donors (Lipinski definition) is 0. The summed E-state index contributed by atoms with van der Waals surface area (Å²) in [4.78, 5) is 8.85. The van der Waals surface area contributed by atoms with Crippen LogP contribution in [0, 0.1) is 0 Å². The van der Waals surface area contributed by atoms with E-state index in [-0.39, 0.29) is 0 Å². The molecule has 4 aromatic rings. The van der Waals surface area contributed by atoms with E-state index in [0.717, 1.165) is 28.7 Å². The lowest BCUT2D eigenvalue weighted by Crippen LogP contribution is -1.91. The van der Waals surface area contributed by atoms with Crippen molar-refractivity contribution in [2.24, 2.45) is 0 Å². The summed E-state index contributed by atoms with van der Waals surface area (Å²) in [5, 5.41) is 4.76. The Morgan fingerprint density at radius 2 is 1.87 bits per heavy atom. The van der Waals surface area contributed by atoms with Crippen molar-refractivity contribution >= 4 is 22.6 Å². The van der Waals surface area contributed by atoms with Gasteiger partial charge in [0.1, 0.15) is 0 Å². The molecule has 0 N–H and O–H groups in total. The number of nitrogens with zero attached hydrogens (tertiary/aromatic N) is 4. The fourth-order valence-corrected chi connectivity index (χ4v) is 2.62. The highest BCUT2D eigenvalue weighted by Gasteiger charge is 2.12. The molecule has 114 valence electrons. The Bertz CT molecular complexity index is 972. The molecule has 0 saturated heterocycles. The van der Waals surface area contributed by atoms with Crippen LogP contribution < -0.4 is 0 Å². The molecule has 5 nitrogen and oxygen atoms in total. The molecule has 4 rings (SSSR count).